The zero-order valence-electron chi connectivity index (χ0n) is 84.6. The van der Waals surface area contributed by atoms with Crippen LogP contribution >= 0.6 is 0 Å². The molecule has 5 saturated heterocycles. The number of ketones is 1. The molecule has 12 heterocycles. The number of sulfone groups is 1. The summed E-state index contributed by atoms with van der Waals surface area (Å²) in [7, 11) is -13.4. The Kier molecular flexibility index (Phi) is 33.1. The molecule has 9 N–H and O–H groups in total. The molecule has 11 aromatic rings. The highest BCUT2D eigenvalue weighted by Gasteiger charge is 2.46. The number of amides is 3. The number of benzene rings is 4. The average Bonchev–Trinajstić information content (AvgIpc) is 1.77. The molecule has 33 nitrogen and oxygen atoms in total. The number of aromatic hydroxyl groups is 1. The molecule has 5 aliphatic heterocycles. The van der Waals surface area contributed by atoms with Crippen LogP contribution in [0.5, 0.6) is 23.0 Å². The smallest absolute Gasteiger partial charge is 0.417 e. The van der Waals surface area contributed by atoms with Crippen molar-refractivity contribution in [3.05, 3.63) is 239 Å². The molecule has 5 fully saturated rings. The van der Waals surface area contributed by atoms with Crippen molar-refractivity contribution in [1.29, 1.82) is 0 Å². The first-order valence-electron chi connectivity index (χ1n) is 47.7. The highest BCUT2D eigenvalue weighted by molar-refractivity contribution is 7.92. The average molecular weight is 2090 g/mol. The van der Waals surface area contributed by atoms with Crippen LogP contribution in [0.25, 0.3) is 33.8 Å². The molecule has 0 aliphatic carbocycles. The number of ether oxygens (including phenoxy) is 3. The third-order valence-electron chi connectivity index (χ3n) is 26.0. The number of sulfonamides is 3. The lowest BCUT2D eigenvalue weighted by Gasteiger charge is -2.34. The lowest BCUT2D eigenvalue weighted by Crippen LogP contribution is -2.42. The van der Waals surface area contributed by atoms with Gasteiger partial charge in [-0.15, -0.1) is 0 Å². The van der Waals surface area contributed by atoms with E-state index >= 15 is 0 Å². The van der Waals surface area contributed by atoms with Crippen LogP contribution in [0.2, 0.25) is 0 Å². The zero-order chi connectivity index (χ0) is 106. The number of Topliss-reactive ketones (excluding diaryl/α,β-unsaturated/α-hetero) is 1. The van der Waals surface area contributed by atoms with Gasteiger partial charge in [0.2, 0.25) is 19.9 Å². The summed E-state index contributed by atoms with van der Waals surface area (Å²) in [5, 5.41) is 12.4. The molecule has 0 spiro atoms. The Bertz CT molecular complexity index is 7230. The van der Waals surface area contributed by atoms with Crippen molar-refractivity contribution in [3.8, 4) is 56.8 Å². The number of carbonyl (C=O) groups is 4. The van der Waals surface area contributed by atoms with E-state index in [0.29, 0.717) is 138 Å². The quantitative estimate of drug-likeness (QED) is 0.0186. The number of phenols is 1. The molecule has 16 rings (SSSR count). The van der Waals surface area contributed by atoms with Gasteiger partial charge in [0, 0.05) is 104 Å². The van der Waals surface area contributed by atoms with E-state index in [-0.39, 0.29) is 96.0 Å². The maximum absolute atomic E-state index is 14.5. The van der Waals surface area contributed by atoms with E-state index < -0.39 is 97.5 Å². The number of rotatable bonds is 27. The topological polar surface area (TPSA) is 456 Å². The first-order chi connectivity index (χ1) is 68.5. The van der Waals surface area contributed by atoms with Crippen molar-refractivity contribution >= 4 is 98.3 Å². The Morgan fingerprint density at radius 2 is 1.05 bits per heavy atom. The van der Waals surface area contributed by atoms with Crippen LogP contribution in [0.4, 0.5) is 52.5 Å². The molecule has 7 aromatic heterocycles. The Labute approximate surface area is 851 Å². The number of nitrogens with zero attached hydrogens (tertiary/aromatic N) is 11. The van der Waals surface area contributed by atoms with Crippen molar-refractivity contribution in [2.45, 2.75) is 191 Å². The Morgan fingerprint density at radius 1 is 0.534 bits per heavy atom. The normalized spacial score (nSPS) is 18.4. The van der Waals surface area contributed by atoms with Crippen molar-refractivity contribution in [2.75, 3.05) is 96.9 Å². The number of aryl methyl sites for hydroxylation is 1. The molecular weight excluding hydrogens is 1960 g/mol. The van der Waals surface area contributed by atoms with Crippen molar-refractivity contribution in [3.63, 3.8) is 0 Å². The van der Waals surface area contributed by atoms with Gasteiger partial charge in [-0.1, -0.05) is 84.0 Å². The molecule has 2 unspecified atom stereocenters. The lowest BCUT2D eigenvalue weighted by molar-refractivity contribution is -0.137. The molecule has 5 atom stereocenters. The van der Waals surface area contributed by atoms with E-state index in [1.807, 2.05) is 74.3 Å². The first-order valence-corrected chi connectivity index (χ1v) is 53.9. The van der Waals surface area contributed by atoms with Gasteiger partial charge in [-0.05, 0) is 269 Å². The molecule has 780 valence electrons. The summed E-state index contributed by atoms with van der Waals surface area (Å²) >= 11 is 0. The van der Waals surface area contributed by atoms with E-state index in [1.165, 1.54) is 91.1 Å². The molecule has 5 aliphatic rings. The Hall–Kier alpha value is -13.5. The zero-order valence-corrected chi connectivity index (χ0v) is 87.8. The van der Waals surface area contributed by atoms with Gasteiger partial charge in [-0.3, -0.25) is 19.2 Å². The first kappa shape index (κ1) is 110. The third kappa shape index (κ3) is 25.9. The number of alkyl halides is 3. The van der Waals surface area contributed by atoms with E-state index in [2.05, 4.69) is 112 Å². The van der Waals surface area contributed by atoms with Gasteiger partial charge in [0.15, 0.2) is 27.3 Å². The van der Waals surface area contributed by atoms with Crippen LogP contribution in [-0.2, 0) is 52.5 Å². The molecule has 41 heteroatoms. The number of phenolic OH excluding ortho intramolecular Hbond substituents is 1. The summed E-state index contributed by atoms with van der Waals surface area (Å²) in [5.41, 5.74) is 13.8. The van der Waals surface area contributed by atoms with Crippen molar-refractivity contribution in [2.24, 2.45) is 29.6 Å². The predicted octanol–water partition coefficient (Wildman–Crippen LogP) is 16.6. The predicted molar refractivity (Wildman–Crippen MR) is 555 cm³/mol. The number of nitrogen functional groups attached to an aromatic ring is 2. The fraction of sp³-hybridized carbons (Fsp3) is 0.400. The van der Waals surface area contributed by atoms with Crippen LogP contribution in [0, 0.1) is 42.3 Å². The van der Waals surface area contributed by atoms with Crippen molar-refractivity contribution in [1.82, 2.24) is 54.4 Å². The number of halogens is 4. The van der Waals surface area contributed by atoms with Gasteiger partial charge < -0.3 is 55.7 Å². The highest BCUT2D eigenvalue weighted by atomic mass is 32.2. The number of methoxy groups -OCH3 is 2. The van der Waals surface area contributed by atoms with Gasteiger partial charge in [0.1, 0.15) is 62.9 Å². The monoisotopic (exact) mass is 2090 g/mol. The van der Waals surface area contributed by atoms with Gasteiger partial charge in [-0.25, -0.2) is 78.7 Å². The lowest BCUT2D eigenvalue weighted by atomic mass is 9.97. The van der Waals surface area contributed by atoms with Crippen LogP contribution in [0.15, 0.2) is 203 Å². The minimum atomic E-state index is -4.62. The van der Waals surface area contributed by atoms with Gasteiger partial charge in [-0.2, -0.15) is 21.6 Å². The largest absolute Gasteiger partial charge is 0.507 e. The SMILES string of the molecule is CC(C)COc1cc(F)cc(-c2ccc(C(=O)NS(=O)(=O)C3CCNC3)c(N3C[C@@H](C)CC3(C)C)n2)c1.COc1ccc(Cc2cccc(S(=O)(=O)CC(=O)c3cccnc3N3CC(C)CC3(C)C)n2)cc1OC.C[C@@H]1CN(c2nc(-c3ccccc3C(F)(F)F)ccc2C(=O)NS(=O)(=O)c2cccnc2N)C(C)(C)C1.Cc1ccc(-c2ccc(C(=O)NS(=O)(=O)c3cccc(N)n3)c(N3C[C@@H](C)CC3(C)C)n2)c(O)c1.[HH]. The summed E-state index contributed by atoms with van der Waals surface area (Å²) in [5.74, 6) is 0.260. The van der Waals surface area contributed by atoms with Crippen LogP contribution in [-0.4, -0.2) is 190 Å². The second-order valence-electron chi connectivity index (χ2n) is 40.7. The number of nitrogens with two attached hydrogens (primary N) is 2. The fourth-order valence-corrected chi connectivity index (χ4v) is 24.1. The minimum absolute atomic E-state index is 0. The van der Waals surface area contributed by atoms with Crippen LogP contribution in [0.3, 0.4) is 0 Å². The summed E-state index contributed by atoms with van der Waals surface area (Å²) in [6, 6.07) is 44.0. The second kappa shape index (κ2) is 44.0. The fourth-order valence-electron chi connectivity index (χ4n) is 19.6. The molecule has 146 heavy (non-hydrogen) atoms. The standard InChI is InChI=1S/C28H33N3O5S.C27H37FN4O4S.C25H26F3N5O3S.C25H29N5O4S.H2/c1-19-16-28(2,3)31(17-19)27-22(9-7-13-29-27)23(32)18-37(33,34)26-10-6-8-21(30-26)14-20-11-12-24(35-4)25(15-20)36-5;1-17(2)16-36-21-11-19(10-20(28)12-21)24-7-6-23(25(30-24)32-15-18(3)13-27(32,4)5)26(33)31-37(34,35)22-8-9-29-14-22;1-15-13-24(2,3)33(14-15)22-17(23(34)32-37(35,36)20-9-6-12-30-21(20)29)10-11-19(31-22)16-7-4-5-8-18(16)25(26,27)28;1-15-8-9-17(20(31)12-15)19-11-10-18(23(27-19)30-14-16(2)13-25(30,3)4)24(32)29-35(33,34)22-7-5-6-21(26)28-22;/h6-13,15,19H,14,16-18H2,1-5H3;6-7,10-12,17-18,22,29H,8-9,13-16H2,1-5H3,(H,31,33);4-12,15H,13-14H2,1-3H3,(H2,29,30)(H,32,34);5-12,16,31H,13-14H2,1-4H3,(H2,26,28)(H,29,32);1H/t;18-,22?;15-;16-;/m.000./s1. The number of pyridine rings is 7. The maximum atomic E-state index is 14.5. The van der Waals surface area contributed by atoms with E-state index in [4.69, 9.17) is 35.6 Å². The molecule has 0 radical (unpaired) electrons. The summed E-state index contributed by atoms with van der Waals surface area (Å²) < 4.78 is 182. The van der Waals surface area contributed by atoms with Gasteiger partial charge in [0.25, 0.3) is 37.8 Å². The van der Waals surface area contributed by atoms with E-state index in [1.54, 1.807) is 87.1 Å². The number of carbonyl (C=O) groups excluding carboxylic acids is 4. The number of anilines is 6. The van der Waals surface area contributed by atoms with Gasteiger partial charge in [0.05, 0.1) is 71.0 Å². The minimum Gasteiger partial charge on any atom is -0.507 e. The summed E-state index contributed by atoms with van der Waals surface area (Å²) in [6.07, 6.45) is 2.64. The van der Waals surface area contributed by atoms with Gasteiger partial charge >= 0.3 is 6.18 Å². The second-order valence-corrected chi connectivity index (χ2v) is 47.9. The Balaban J connectivity index is 0.000000174. The highest BCUT2D eigenvalue weighted by Crippen LogP contribution is 2.46. The van der Waals surface area contributed by atoms with Crippen molar-refractivity contribution < 1.29 is 91.2 Å². The number of aromatic nitrogens is 7. The van der Waals surface area contributed by atoms with Crippen LogP contribution in [0.1, 0.15) is 194 Å². The van der Waals surface area contributed by atoms with E-state index in [0.717, 1.165) is 49.4 Å². The molecule has 3 amide bonds. The Morgan fingerprint density at radius 3 is 1.57 bits per heavy atom. The summed E-state index contributed by atoms with van der Waals surface area (Å²) in [4.78, 5) is 91.4. The maximum Gasteiger partial charge on any atom is 0.417 e. The number of nitrogens with one attached hydrogen (secondary N) is 4. The molecular formula is C105H127F4N17O16S4. The number of hydrogen-bond donors (Lipinski definition) is 7. The molecule has 4 aromatic carbocycles. The third-order valence-corrected chi connectivity index (χ3v) is 31.8. The van der Waals surface area contributed by atoms with Crippen LogP contribution < -0.4 is 64.8 Å². The molecule has 0 saturated carbocycles. The van der Waals surface area contributed by atoms with E-state index in [9.17, 15) is 75.5 Å². The summed E-state index contributed by atoms with van der Waals surface area (Å²) in [6.45, 7) is 34.6. The molecule has 0 bridgehead atoms. The number of hydrogen-bond acceptors (Lipinski definition) is 30.